The molecule has 0 spiro atoms. The monoisotopic (exact) mass is 511 g/mol. The number of oxazole rings is 1. The number of rotatable bonds is 8. The first-order valence-electron chi connectivity index (χ1n) is 10.9. The summed E-state index contributed by atoms with van der Waals surface area (Å²) >= 11 is 6.15. The van der Waals surface area contributed by atoms with E-state index in [-0.39, 0.29) is 21.4 Å². The van der Waals surface area contributed by atoms with E-state index >= 15 is 0 Å². The molecule has 0 saturated carbocycles. The number of nitrogens with one attached hydrogen (secondary N) is 2. The van der Waals surface area contributed by atoms with Gasteiger partial charge in [-0.05, 0) is 56.7 Å². The predicted octanol–water partition coefficient (Wildman–Crippen LogP) is 6.46. The van der Waals surface area contributed by atoms with Crippen LogP contribution >= 0.6 is 11.6 Å². The van der Waals surface area contributed by atoms with Gasteiger partial charge < -0.3 is 14.5 Å². The second kappa shape index (κ2) is 9.64. The molecule has 0 fully saturated rings. The van der Waals surface area contributed by atoms with Gasteiger partial charge >= 0.3 is 0 Å². The zero-order valence-corrected chi connectivity index (χ0v) is 21.4. The van der Waals surface area contributed by atoms with Crippen LogP contribution in [0.25, 0.3) is 11.3 Å². The van der Waals surface area contributed by atoms with Crippen LogP contribution in [-0.4, -0.2) is 20.5 Å². The van der Waals surface area contributed by atoms with E-state index < -0.39 is 15.6 Å². The normalized spacial score (nSPS) is 11.8. The first-order chi connectivity index (χ1) is 16.6. The molecule has 0 unspecified atom stereocenters. The van der Waals surface area contributed by atoms with Crippen molar-refractivity contribution >= 4 is 33.3 Å². The molecule has 0 aliphatic carbocycles. The van der Waals surface area contributed by atoms with E-state index in [1.807, 2.05) is 44.2 Å². The Morgan fingerprint density at radius 3 is 2.37 bits per heavy atom. The Hall–Kier alpha value is -3.49. The van der Waals surface area contributed by atoms with Crippen LogP contribution in [0, 0.1) is 6.92 Å². The SMILES string of the molecule is COc1ccc(-c2oc(NC(C)(C)c3ccccc3)nc2C)cc1S(=O)(=O)Nc1ccccc1Cl. The standard InChI is InChI=1S/C26H26ClN3O4S/c1-17-24(34-25(28-17)29-26(2,3)19-10-6-5-7-11-19)18-14-15-22(33-4)23(16-18)35(31,32)30-21-13-9-8-12-20(21)27/h5-16,30H,1-4H3,(H,28,29). The average Bonchev–Trinajstić information content (AvgIpc) is 3.19. The fourth-order valence-corrected chi connectivity index (χ4v) is 5.20. The van der Waals surface area contributed by atoms with E-state index in [9.17, 15) is 8.42 Å². The Morgan fingerprint density at radius 1 is 1.00 bits per heavy atom. The van der Waals surface area contributed by atoms with Crippen LogP contribution in [0.3, 0.4) is 0 Å². The Kier molecular flexibility index (Phi) is 6.78. The summed E-state index contributed by atoms with van der Waals surface area (Å²) in [5.41, 5.74) is 2.06. The minimum Gasteiger partial charge on any atom is -0.495 e. The summed E-state index contributed by atoms with van der Waals surface area (Å²) in [6.07, 6.45) is 0. The largest absolute Gasteiger partial charge is 0.495 e. The van der Waals surface area contributed by atoms with Crippen LogP contribution in [0.2, 0.25) is 5.02 Å². The fourth-order valence-electron chi connectivity index (χ4n) is 3.68. The molecular formula is C26H26ClN3O4S. The highest BCUT2D eigenvalue weighted by atomic mass is 35.5. The molecule has 4 rings (SSSR count). The number of aromatic nitrogens is 1. The number of methoxy groups -OCH3 is 1. The minimum atomic E-state index is -4.02. The maximum absolute atomic E-state index is 13.2. The van der Waals surface area contributed by atoms with Crippen molar-refractivity contribution in [2.24, 2.45) is 0 Å². The van der Waals surface area contributed by atoms with E-state index in [0.29, 0.717) is 23.0 Å². The molecule has 0 aliphatic heterocycles. The van der Waals surface area contributed by atoms with Gasteiger partial charge in [0.05, 0.1) is 29.1 Å². The van der Waals surface area contributed by atoms with Gasteiger partial charge in [-0.3, -0.25) is 4.72 Å². The molecule has 0 radical (unpaired) electrons. The van der Waals surface area contributed by atoms with E-state index in [1.165, 1.54) is 13.2 Å². The van der Waals surface area contributed by atoms with Gasteiger partial charge in [0.15, 0.2) is 5.76 Å². The quantitative estimate of drug-likeness (QED) is 0.282. The lowest BCUT2D eigenvalue weighted by atomic mass is 9.95. The molecule has 0 atom stereocenters. The molecule has 0 bridgehead atoms. The molecule has 9 heteroatoms. The number of hydrogen-bond donors (Lipinski definition) is 2. The number of sulfonamides is 1. The van der Waals surface area contributed by atoms with E-state index in [1.54, 1.807) is 43.3 Å². The number of benzene rings is 3. The smallest absolute Gasteiger partial charge is 0.296 e. The summed E-state index contributed by atoms with van der Waals surface area (Å²) < 4.78 is 40.4. The van der Waals surface area contributed by atoms with Crippen molar-refractivity contribution in [3.05, 3.63) is 89.1 Å². The third kappa shape index (κ3) is 5.28. The number of nitrogens with zero attached hydrogens (tertiary/aromatic N) is 1. The van der Waals surface area contributed by atoms with Gasteiger partial charge in [0.2, 0.25) is 0 Å². The Morgan fingerprint density at radius 2 is 1.69 bits per heavy atom. The Labute approximate surface area is 210 Å². The predicted molar refractivity (Wildman–Crippen MR) is 139 cm³/mol. The van der Waals surface area contributed by atoms with E-state index in [4.69, 9.17) is 20.8 Å². The summed E-state index contributed by atoms with van der Waals surface area (Å²) in [6, 6.07) is 21.7. The van der Waals surface area contributed by atoms with Crippen LogP contribution in [0.4, 0.5) is 11.7 Å². The van der Waals surface area contributed by atoms with Crippen molar-refractivity contribution in [3.63, 3.8) is 0 Å². The summed E-state index contributed by atoms with van der Waals surface area (Å²) in [6.45, 7) is 5.86. The molecular weight excluding hydrogens is 486 g/mol. The van der Waals surface area contributed by atoms with Gasteiger partial charge in [-0.25, -0.2) is 8.42 Å². The summed E-state index contributed by atoms with van der Waals surface area (Å²) in [5.74, 6) is 0.641. The first-order valence-corrected chi connectivity index (χ1v) is 12.7. The molecule has 4 aromatic rings. The minimum absolute atomic E-state index is 0.0488. The molecule has 1 aromatic heterocycles. The summed E-state index contributed by atoms with van der Waals surface area (Å²) in [4.78, 5) is 4.47. The molecule has 2 N–H and O–H groups in total. The lowest BCUT2D eigenvalue weighted by Crippen LogP contribution is -2.27. The van der Waals surface area contributed by atoms with Gasteiger partial charge in [0.25, 0.3) is 16.0 Å². The van der Waals surface area contributed by atoms with E-state index in [0.717, 1.165) is 5.56 Å². The topological polar surface area (TPSA) is 93.5 Å². The maximum Gasteiger partial charge on any atom is 0.296 e. The highest BCUT2D eigenvalue weighted by molar-refractivity contribution is 7.92. The van der Waals surface area contributed by atoms with Crippen molar-refractivity contribution in [1.82, 2.24) is 4.98 Å². The highest BCUT2D eigenvalue weighted by Crippen LogP contribution is 2.35. The van der Waals surface area contributed by atoms with Crippen LogP contribution < -0.4 is 14.8 Å². The molecule has 7 nitrogen and oxygen atoms in total. The third-order valence-corrected chi connectivity index (χ3v) is 7.26. The van der Waals surface area contributed by atoms with Crippen LogP contribution in [0.5, 0.6) is 5.75 Å². The van der Waals surface area contributed by atoms with Crippen LogP contribution in [-0.2, 0) is 15.6 Å². The first kappa shape index (κ1) is 24.6. The van der Waals surface area contributed by atoms with Crippen LogP contribution in [0.1, 0.15) is 25.1 Å². The second-order valence-corrected chi connectivity index (χ2v) is 10.6. The number of aryl methyl sites for hydroxylation is 1. The van der Waals surface area contributed by atoms with Gasteiger partial charge in [-0.15, -0.1) is 0 Å². The number of anilines is 2. The molecule has 182 valence electrons. The number of hydrogen-bond acceptors (Lipinski definition) is 6. The van der Waals surface area contributed by atoms with Gasteiger partial charge in [0, 0.05) is 5.56 Å². The molecule has 0 aliphatic rings. The molecule has 0 saturated heterocycles. The lowest BCUT2D eigenvalue weighted by Gasteiger charge is -2.25. The number of para-hydroxylation sites is 1. The van der Waals surface area contributed by atoms with Gasteiger partial charge in [0.1, 0.15) is 10.6 Å². The zero-order chi connectivity index (χ0) is 25.2. The molecule has 3 aromatic carbocycles. The lowest BCUT2D eigenvalue weighted by molar-refractivity contribution is 0.403. The number of halogens is 1. The van der Waals surface area contributed by atoms with Crippen molar-refractivity contribution in [1.29, 1.82) is 0 Å². The molecule has 35 heavy (non-hydrogen) atoms. The van der Waals surface area contributed by atoms with Crippen molar-refractivity contribution in [2.75, 3.05) is 17.1 Å². The molecule has 0 amide bonds. The maximum atomic E-state index is 13.2. The van der Waals surface area contributed by atoms with E-state index in [2.05, 4.69) is 15.0 Å². The Balaban J connectivity index is 1.68. The van der Waals surface area contributed by atoms with Crippen molar-refractivity contribution in [3.8, 4) is 17.1 Å². The average molecular weight is 512 g/mol. The van der Waals surface area contributed by atoms with Crippen LogP contribution in [0.15, 0.2) is 82.1 Å². The van der Waals surface area contributed by atoms with Crippen molar-refractivity contribution < 1.29 is 17.6 Å². The Bertz CT molecular complexity index is 1450. The second-order valence-electron chi connectivity index (χ2n) is 8.50. The van der Waals surface area contributed by atoms with Crippen molar-refractivity contribution in [2.45, 2.75) is 31.2 Å². The third-order valence-electron chi connectivity index (χ3n) is 5.55. The zero-order valence-electron chi connectivity index (χ0n) is 19.8. The molecule has 1 heterocycles. The summed E-state index contributed by atoms with van der Waals surface area (Å²) in [7, 11) is -2.60. The van der Waals surface area contributed by atoms with Gasteiger partial charge in [-0.2, -0.15) is 4.98 Å². The summed E-state index contributed by atoms with van der Waals surface area (Å²) in [5, 5.41) is 3.61. The highest BCUT2D eigenvalue weighted by Gasteiger charge is 2.25. The number of ether oxygens (including phenoxy) is 1. The van der Waals surface area contributed by atoms with Gasteiger partial charge in [-0.1, -0.05) is 54.1 Å². The fraction of sp³-hybridized carbons (Fsp3) is 0.192.